The number of piperazine rings is 1. The van der Waals surface area contributed by atoms with Gasteiger partial charge in [0.25, 0.3) is 0 Å². The standard InChI is InChI=1S/C11H22N4O3/c12-2-4-14-5-7-15(8-6-14)11(18)10(17)13-3-1-9-16/h16H,1-9,12H2,(H,13,17). The highest BCUT2D eigenvalue weighted by atomic mass is 16.3. The molecule has 0 aromatic carbocycles. The van der Waals surface area contributed by atoms with Gasteiger partial charge in [-0.05, 0) is 6.42 Å². The first-order valence-electron chi connectivity index (χ1n) is 6.29. The molecular weight excluding hydrogens is 236 g/mol. The molecule has 1 heterocycles. The molecule has 0 aromatic rings. The SMILES string of the molecule is NCCN1CCN(C(=O)C(=O)NCCCO)CC1. The number of nitrogens with one attached hydrogen (secondary N) is 1. The minimum atomic E-state index is -0.587. The third kappa shape index (κ3) is 4.59. The lowest BCUT2D eigenvalue weighted by atomic mass is 10.3. The van der Waals surface area contributed by atoms with E-state index in [-0.39, 0.29) is 6.61 Å². The first-order valence-corrected chi connectivity index (χ1v) is 6.29. The monoisotopic (exact) mass is 258 g/mol. The van der Waals surface area contributed by atoms with E-state index >= 15 is 0 Å². The van der Waals surface area contributed by atoms with Crippen LogP contribution in [0.4, 0.5) is 0 Å². The molecule has 0 bridgehead atoms. The maximum Gasteiger partial charge on any atom is 0.311 e. The van der Waals surface area contributed by atoms with Crippen molar-refractivity contribution in [2.24, 2.45) is 5.73 Å². The van der Waals surface area contributed by atoms with Crippen molar-refractivity contribution in [2.45, 2.75) is 6.42 Å². The average molecular weight is 258 g/mol. The second kappa shape index (κ2) is 8.02. The molecule has 1 rings (SSSR count). The van der Waals surface area contributed by atoms with Gasteiger partial charge >= 0.3 is 11.8 Å². The molecule has 1 aliphatic rings. The normalized spacial score (nSPS) is 16.7. The molecule has 0 aromatic heterocycles. The number of hydrogen-bond acceptors (Lipinski definition) is 5. The third-order valence-electron chi connectivity index (χ3n) is 2.92. The molecule has 0 unspecified atom stereocenters. The fraction of sp³-hybridized carbons (Fsp3) is 0.818. The highest BCUT2D eigenvalue weighted by Crippen LogP contribution is 2.01. The minimum Gasteiger partial charge on any atom is -0.396 e. The van der Waals surface area contributed by atoms with E-state index in [0.29, 0.717) is 32.6 Å². The molecule has 0 radical (unpaired) electrons. The van der Waals surface area contributed by atoms with Crippen LogP contribution in [-0.4, -0.2) is 79.1 Å². The number of amides is 2. The molecule has 1 fully saturated rings. The zero-order valence-corrected chi connectivity index (χ0v) is 10.6. The molecule has 7 nitrogen and oxygen atoms in total. The van der Waals surface area contributed by atoms with Crippen molar-refractivity contribution < 1.29 is 14.7 Å². The quantitative estimate of drug-likeness (QED) is 0.377. The lowest BCUT2D eigenvalue weighted by Crippen LogP contribution is -2.53. The number of carbonyl (C=O) groups excluding carboxylic acids is 2. The fourth-order valence-electron chi connectivity index (χ4n) is 1.86. The van der Waals surface area contributed by atoms with E-state index in [1.165, 1.54) is 0 Å². The van der Waals surface area contributed by atoms with Gasteiger partial charge in [-0.2, -0.15) is 0 Å². The van der Waals surface area contributed by atoms with Gasteiger partial charge in [-0.15, -0.1) is 0 Å². The minimum absolute atomic E-state index is 0.00618. The Morgan fingerprint density at radius 2 is 1.89 bits per heavy atom. The summed E-state index contributed by atoms with van der Waals surface area (Å²) < 4.78 is 0. The van der Waals surface area contributed by atoms with E-state index < -0.39 is 11.8 Å². The first kappa shape index (κ1) is 14.9. The van der Waals surface area contributed by atoms with Crippen molar-refractivity contribution >= 4 is 11.8 Å². The predicted molar refractivity (Wildman–Crippen MR) is 66.8 cm³/mol. The van der Waals surface area contributed by atoms with Crippen LogP contribution in [-0.2, 0) is 9.59 Å². The highest BCUT2D eigenvalue weighted by Gasteiger charge is 2.25. The maximum absolute atomic E-state index is 11.8. The van der Waals surface area contributed by atoms with Gasteiger partial charge < -0.3 is 21.1 Å². The molecule has 2 amide bonds. The van der Waals surface area contributed by atoms with Crippen LogP contribution >= 0.6 is 0 Å². The van der Waals surface area contributed by atoms with Crippen LogP contribution < -0.4 is 11.1 Å². The Hall–Kier alpha value is -1.18. The molecule has 0 aliphatic carbocycles. The van der Waals surface area contributed by atoms with Crippen LogP contribution in [0, 0.1) is 0 Å². The zero-order chi connectivity index (χ0) is 13.4. The second-order valence-corrected chi connectivity index (χ2v) is 4.26. The lowest BCUT2D eigenvalue weighted by Gasteiger charge is -2.34. The Balaban J connectivity index is 2.28. The first-order chi connectivity index (χ1) is 8.69. The Morgan fingerprint density at radius 3 is 2.44 bits per heavy atom. The summed E-state index contributed by atoms with van der Waals surface area (Å²) in [5.74, 6) is -1.07. The van der Waals surface area contributed by atoms with Crippen LogP contribution in [0.25, 0.3) is 0 Å². The molecular formula is C11H22N4O3. The largest absolute Gasteiger partial charge is 0.396 e. The van der Waals surface area contributed by atoms with E-state index in [1.54, 1.807) is 4.90 Å². The number of hydrogen-bond donors (Lipinski definition) is 3. The fourth-order valence-corrected chi connectivity index (χ4v) is 1.86. The molecule has 0 saturated carbocycles. The van der Waals surface area contributed by atoms with Crippen molar-refractivity contribution in [3.05, 3.63) is 0 Å². The van der Waals surface area contributed by atoms with E-state index in [2.05, 4.69) is 10.2 Å². The molecule has 18 heavy (non-hydrogen) atoms. The van der Waals surface area contributed by atoms with Gasteiger partial charge in [0.1, 0.15) is 0 Å². The van der Waals surface area contributed by atoms with Gasteiger partial charge in [-0.1, -0.05) is 0 Å². The van der Waals surface area contributed by atoms with E-state index in [9.17, 15) is 9.59 Å². The summed E-state index contributed by atoms with van der Waals surface area (Å²) in [4.78, 5) is 27.0. The van der Waals surface area contributed by atoms with Gasteiger partial charge in [-0.3, -0.25) is 14.5 Å². The molecule has 104 valence electrons. The summed E-state index contributed by atoms with van der Waals surface area (Å²) in [6.07, 6.45) is 0.462. The zero-order valence-electron chi connectivity index (χ0n) is 10.6. The van der Waals surface area contributed by atoms with E-state index in [1.807, 2.05) is 0 Å². The molecule has 0 spiro atoms. The maximum atomic E-state index is 11.8. The van der Waals surface area contributed by atoms with Crippen molar-refractivity contribution in [1.29, 1.82) is 0 Å². The summed E-state index contributed by atoms with van der Waals surface area (Å²) in [6, 6.07) is 0. The summed E-state index contributed by atoms with van der Waals surface area (Å²) in [7, 11) is 0. The van der Waals surface area contributed by atoms with Gasteiger partial charge in [0.05, 0.1) is 0 Å². The van der Waals surface area contributed by atoms with Crippen LogP contribution in [0.3, 0.4) is 0 Å². The van der Waals surface area contributed by atoms with E-state index in [0.717, 1.165) is 19.6 Å². The number of nitrogens with two attached hydrogens (primary N) is 1. The molecule has 0 atom stereocenters. The third-order valence-corrected chi connectivity index (χ3v) is 2.92. The van der Waals surface area contributed by atoms with Crippen LogP contribution in [0.15, 0.2) is 0 Å². The Labute approximate surface area is 107 Å². The van der Waals surface area contributed by atoms with Gasteiger partial charge in [-0.25, -0.2) is 0 Å². The van der Waals surface area contributed by atoms with Gasteiger partial charge in [0.15, 0.2) is 0 Å². The van der Waals surface area contributed by atoms with Crippen LogP contribution in [0.1, 0.15) is 6.42 Å². The summed E-state index contributed by atoms with van der Waals surface area (Å²) in [5, 5.41) is 11.1. The molecule has 4 N–H and O–H groups in total. The molecule has 1 aliphatic heterocycles. The van der Waals surface area contributed by atoms with Gasteiger partial charge in [0, 0.05) is 52.4 Å². The number of rotatable bonds is 5. The number of nitrogens with zero attached hydrogens (tertiary/aromatic N) is 2. The summed E-state index contributed by atoms with van der Waals surface area (Å²) in [5.41, 5.74) is 5.46. The van der Waals surface area contributed by atoms with Crippen LogP contribution in [0.2, 0.25) is 0 Å². The van der Waals surface area contributed by atoms with E-state index in [4.69, 9.17) is 10.8 Å². The lowest BCUT2D eigenvalue weighted by molar-refractivity contribution is -0.147. The van der Waals surface area contributed by atoms with Crippen molar-refractivity contribution in [1.82, 2.24) is 15.1 Å². The number of aliphatic hydroxyl groups is 1. The highest BCUT2D eigenvalue weighted by molar-refractivity contribution is 6.35. The second-order valence-electron chi connectivity index (χ2n) is 4.26. The summed E-state index contributed by atoms with van der Waals surface area (Å²) >= 11 is 0. The topological polar surface area (TPSA) is 98.9 Å². The van der Waals surface area contributed by atoms with Crippen molar-refractivity contribution in [3.63, 3.8) is 0 Å². The summed E-state index contributed by atoms with van der Waals surface area (Å²) in [6.45, 7) is 4.40. The van der Waals surface area contributed by atoms with Crippen LogP contribution in [0.5, 0.6) is 0 Å². The van der Waals surface area contributed by atoms with Crippen molar-refractivity contribution in [3.8, 4) is 0 Å². The number of carbonyl (C=O) groups is 2. The van der Waals surface area contributed by atoms with Gasteiger partial charge in [0.2, 0.25) is 0 Å². The molecule has 1 saturated heterocycles. The number of aliphatic hydroxyl groups excluding tert-OH is 1. The predicted octanol–water partition coefficient (Wildman–Crippen LogP) is -2.41. The average Bonchev–Trinajstić information content (AvgIpc) is 2.39. The van der Waals surface area contributed by atoms with Crippen molar-refractivity contribution in [2.75, 3.05) is 52.4 Å². The Bertz CT molecular complexity index is 277. The molecule has 7 heteroatoms. The smallest absolute Gasteiger partial charge is 0.311 e. The Morgan fingerprint density at radius 1 is 1.22 bits per heavy atom. The Kier molecular flexibility index (Phi) is 6.63.